The minimum atomic E-state index is -0.790. The second-order valence-electron chi connectivity index (χ2n) is 8.15. The van der Waals surface area contributed by atoms with E-state index >= 15 is 0 Å². The van der Waals surface area contributed by atoms with E-state index in [0.717, 1.165) is 24.2 Å². The summed E-state index contributed by atoms with van der Waals surface area (Å²) in [5.41, 5.74) is 0.681. The lowest BCUT2D eigenvalue weighted by atomic mass is 9.80. The number of carbonyl (C=O) groups is 4. The van der Waals surface area contributed by atoms with Crippen molar-refractivity contribution in [2.75, 3.05) is 18.9 Å². The molecular formula is C24H25N3O4. The summed E-state index contributed by atoms with van der Waals surface area (Å²) in [5.74, 6) is -0.822. The zero-order valence-electron chi connectivity index (χ0n) is 17.5. The van der Waals surface area contributed by atoms with Gasteiger partial charge in [-0.15, -0.1) is 0 Å². The van der Waals surface area contributed by atoms with Crippen molar-refractivity contribution in [3.63, 3.8) is 0 Å². The first-order chi connectivity index (χ1) is 14.9. The highest BCUT2D eigenvalue weighted by Crippen LogP contribution is 2.39. The first-order valence-electron chi connectivity index (χ1n) is 10.5. The van der Waals surface area contributed by atoms with Gasteiger partial charge in [0, 0.05) is 23.9 Å². The molecule has 1 heterocycles. The molecule has 7 nitrogen and oxygen atoms in total. The maximum Gasteiger partial charge on any atom is 0.327 e. The summed E-state index contributed by atoms with van der Waals surface area (Å²) in [6.45, 7) is -0.278. The molecule has 2 aliphatic rings. The van der Waals surface area contributed by atoms with E-state index in [4.69, 9.17) is 0 Å². The first kappa shape index (κ1) is 20.8. The number of Topliss-reactive ketones (excluding diaryl/α,β-unsaturated/α-hetero) is 1. The van der Waals surface area contributed by atoms with E-state index in [9.17, 15) is 19.2 Å². The first-order valence-corrected chi connectivity index (χ1v) is 10.5. The fourth-order valence-electron chi connectivity index (χ4n) is 4.44. The number of likely N-dealkylation sites (N-methyl/N-ethyl adjacent to an activating group) is 1. The third-order valence-electron chi connectivity index (χ3n) is 6.29. The number of imide groups is 1. The van der Waals surface area contributed by atoms with E-state index in [2.05, 4.69) is 5.32 Å². The number of urea groups is 1. The maximum atomic E-state index is 13.0. The molecule has 0 bridgehead atoms. The number of hydrogen-bond acceptors (Lipinski definition) is 4. The summed E-state index contributed by atoms with van der Waals surface area (Å²) in [5, 5.41) is 2.78. The highest BCUT2D eigenvalue weighted by molar-refractivity contribution is 6.11. The molecule has 0 atom stereocenters. The zero-order chi connectivity index (χ0) is 22.0. The van der Waals surface area contributed by atoms with Crippen LogP contribution in [0.4, 0.5) is 10.5 Å². The van der Waals surface area contributed by atoms with Crippen LogP contribution in [0.2, 0.25) is 0 Å². The SMILES string of the molecule is CN1C(=O)N(CC(=O)c2ccc(NC(=O)c3ccccc3)cc2)C(=O)C12CCCCC2. The molecule has 7 heteroatoms. The lowest BCUT2D eigenvalue weighted by molar-refractivity contribution is -0.134. The molecule has 1 N–H and O–H groups in total. The van der Waals surface area contributed by atoms with Gasteiger partial charge >= 0.3 is 6.03 Å². The molecule has 4 amide bonds. The number of rotatable bonds is 5. The van der Waals surface area contributed by atoms with Crippen molar-refractivity contribution < 1.29 is 19.2 Å². The number of nitrogens with zero attached hydrogens (tertiary/aromatic N) is 2. The van der Waals surface area contributed by atoms with Gasteiger partial charge in [-0.2, -0.15) is 0 Å². The van der Waals surface area contributed by atoms with Crippen molar-refractivity contribution in [2.45, 2.75) is 37.6 Å². The molecule has 31 heavy (non-hydrogen) atoms. The summed E-state index contributed by atoms with van der Waals surface area (Å²) in [6, 6.07) is 14.9. The highest BCUT2D eigenvalue weighted by Gasteiger charge is 2.55. The van der Waals surface area contributed by atoms with E-state index in [0.29, 0.717) is 29.7 Å². The minimum absolute atomic E-state index is 0.242. The van der Waals surface area contributed by atoms with Crippen molar-refractivity contribution in [3.05, 3.63) is 65.7 Å². The fraction of sp³-hybridized carbons (Fsp3) is 0.333. The zero-order valence-corrected chi connectivity index (χ0v) is 17.5. The number of carbonyl (C=O) groups excluding carboxylic acids is 4. The Balaban J connectivity index is 1.42. The van der Waals surface area contributed by atoms with Crippen molar-refractivity contribution in [3.8, 4) is 0 Å². The summed E-state index contributed by atoms with van der Waals surface area (Å²) >= 11 is 0. The molecule has 2 aromatic carbocycles. The Bertz CT molecular complexity index is 1010. The van der Waals surface area contributed by atoms with E-state index in [1.807, 2.05) is 6.07 Å². The average molecular weight is 419 g/mol. The quantitative estimate of drug-likeness (QED) is 0.591. The van der Waals surface area contributed by atoms with Gasteiger partial charge in [0.1, 0.15) is 5.54 Å². The molecular weight excluding hydrogens is 394 g/mol. The summed E-state index contributed by atoms with van der Waals surface area (Å²) < 4.78 is 0. The lowest BCUT2D eigenvalue weighted by Crippen LogP contribution is -2.49. The molecule has 1 spiro atoms. The van der Waals surface area contributed by atoms with Crippen LogP contribution in [0, 0.1) is 0 Å². The number of benzene rings is 2. The Morgan fingerprint density at radius 2 is 1.55 bits per heavy atom. The lowest BCUT2D eigenvalue weighted by Gasteiger charge is -2.35. The predicted octanol–water partition coefficient (Wildman–Crippen LogP) is 3.72. The third kappa shape index (κ3) is 3.83. The number of nitrogens with one attached hydrogen (secondary N) is 1. The van der Waals surface area contributed by atoms with Crippen molar-refractivity contribution in [1.29, 1.82) is 0 Å². The van der Waals surface area contributed by atoms with Crippen molar-refractivity contribution in [1.82, 2.24) is 9.80 Å². The Hall–Kier alpha value is -3.48. The van der Waals surface area contributed by atoms with Gasteiger partial charge in [0.15, 0.2) is 5.78 Å². The minimum Gasteiger partial charge on any atom is -0.322 e. The standard InChI is InChI=1S/C24H25N3O4/c1-26-23(31)27(22(30)24(26)14-6-3-7-15-24)16-20(28)17-10-12-19(13-11-17)25-21(29)18-8-4-2-5-9-18/h2,4-5,8-13H,3,6-7,14-16H2,1H3,(H,25,29). The summed E-state index contributed by atoms with van der Waals surface area (Å²) in [6.07, 6.45) is 4.16. The highest BCUT2D eigenvalue weighted by atomic mass is 16.2. The normalized spacial score (nSPS) is 17.8. The smallest absolute Gasteiger partial charge is 0.322 e. The number of anilines is 1. The third-order valence-corrected chi connectivity index (χ3v) is 6.29. The van der Waals surface area contributed by atoms with Crippen LogP contribution in [-0.4, -0.2) is 52.6 Å². The van der Waals surface area contributed by atoms with Gasteiger partial charge in [-0.05, 0) is 49.2 Å². The molecule has 4 rings (SSSR count). The molecule has 0 aromatic heterocycles. The van der Waals surface area contributed by atoms with Crippen molar-refractivity contribution >= 4 is 29.3 Å². The predicted molar refractivity (Wildman–Crippen MR) is 116 cm³/mol. The van der Waals surface area contributed by atoms with Crippen LogP contribution in [0.1, 0.15) is 52.8 Å². The molecule has 2 fully saturated rings. The molecule has 0 unspecified atom stereocenters. The molecule has 1 saturated heterocycles. The number of hydrogen-bond donors (Lipinski definition) is 1. The van der Waals surface area contributed by atoms with Crippen molar-refractivity contribution in [2.24, 2.45) is 0 Å². The molecule has 1 saturated carbocycles. The number of ketones is 1. The van der Waals surface area contributed by atoms with Gasteiger partial charge in [0.05, 0.1) is 6.54 Å². The number of amides is 4. The molecule has 1 aliphatic carbocycles. The van der Waals surface area contributed by atoms with Gasteiger partial charge in [-0.3, -0.25) is 19.3 Å². The van der Waals surface area contributed by atoms with Crippen LogP contribution < -0.4 is 5.32 Å². The molecule has 2 aromatic rings. The molecule has 160 valence electrons. The van der Waals surface area contributed by atoms with Gasteiger partial charge in [0.2, 0.25) is 0 Å². The maximum absolute atomic E-state index is 13.0. The molecule has 0 radical (unpaired) electrons. The van der Waals surface area contributed by atoms with Crippen LogP contribution in [0.3, 0.4) is 0 Å². The van der Waals surface area contributed by atoms with Gasteiger partial charge in [-0.25, -0.2) is 4.79 Å². The molecule has 1 aliphatic heterocycles. The second-order valence-corrected chi connectivity index (χ2v) is 8.15. The topological polar surface area (TPSA) is 86.8 Å². The largest absolute Gasteiger partial charge is 0.327 e. The van der Waals surface area contributed by atoms with Gasteiger partial charge in [-0.1, -0.05) is 37.5 Å². The van der Waals surface area contributed by atoms with E-state index in [1.54, 1.807) is 55.6 Å². The average Bonchev–Trinajstić information content (AvgIpc) is 2.97. The Labute approximate surface area is 181 Å². The van der Waals surface area contributed by atoms with Crippen LogP contribution in [0.15, 0.2) is 54.6 Å². The van der Waals surface area contributed by atoms with Crippen LogP contribution in [-0.2, 0) is 4.79 Å². The monoisotopic (exact) mass is 419 g/mol. The van der Waals surface area contributed by atoms with Crippen LogP contribution >= 0.6 is 0 Å². The van der Waals surface area contributed by atoms with E-state index < -0.39 is 11.6 Å². The van der Waals surface area contributed by atoms with E-state index in [1.165, 1.54) is 4.90 Å². The summed E-state index contributed by atoms with van der Waals surface area (Å²) in [4.78, 5) is 53.4. The summed E-state index contributed by atoms with van der Waals surface area (Å²) in [7, 11) is 1.65. The van der Waals surface area contributed by atoms with Crippen LogP contribution in [0.25, 0.3) is 0 Å². The fourth-order valence-corrected chi connectivity index (χ4v) is 4.44. The van der Waals surface area contributed by atoms with E-state index in [-0.39, 0.29) is 24.1 Å². The Morgan fingerprint density at radius 1 is 0.903 bits per heavy atom. The van der Waals surface area contributed by atoms with Gasteiger partial charge < -0.3 is 10.2 Å². The Morgan fingerprint density at radius 3 is 2.19 bits per heavy atom. The van der Waals surface area contributed by atoms with Gasteiger partial charge in [0.25, 0.3) is 11.8 Å². The van der Waals surface area contributed by atoms with Crippen LogP contribution in [0.5, 0.6) is 0 Å². The Kier molecular flexibility index (Phi) is 5.59. The second kappa shape index (κ2) is 8.34.